The average Bonchev–Trinajstić information content (AvgIpc) is 2.55. The highest BCUT2D eigenvalue weighted by atomic mass is 79.9. The number of ether oxygens (including phenoxy) is 6. The molecular weight excluding hydrogens is 1800 g/mol. The number of aldehydes is 1. The molecule has 0 bridgehead atoms. The summed E-state index contributed by atoms with van der Waals surface area (Å²) in [5.74, 6) is 6.00. The van der Waals surface area contributed by atoms with E-state index in [9.17, 15) is 4.79 Å². The van der Waals surface area contributed by atoms with Gasteiger partial charge in [0.15, 0.2) is 14.9 Å². The number of hydrogen-bond acceptors (Lipinski definition) is 10. The van der Waals surface area contributed by atoms with Crippen LogP contribution in [0.1, 0.15) is 49.7 Å². The Balaban J connectivity index is 0.0000000993. The van der Waals surface area contributed by atoms with Gasteiger partial charge in [-0.25, -0.2) is 0 Å². The predicted molar refractivity (Wildman–Crippen MR) is 361 cm³/mol. The van der Waals surface area contributed by atoms with Gasteiger partial charge < -0.3 is 42.4 Å². The Morgan fingerprint density at radius 3 is 1.07 bits per heavy atom. The molecule has 6 aliphatic rings. The number of carbonyl (C=O) groups is 1. The Morgan fingerprint density at radius 2 is 0.702 bits per heavy atom. The van der Waals surface area contributed by atoms with Crippen molar-refractivity contribution in [3.05, 3.63) is 243 Å². The Morgan fingerprint density at radius 1 is 0.381 bits per heavy atom. The molecule has 0 unspecified atom stereocenters. The van der Waals surface area contributed by atoms with E-state index in [-0.39, 0.29) is 30.5 Å². The minimum absolute atomic E-state index is 0.00405. The normalized spacial score (nSPS) is 20.4. The molecular formula is C63H33Br11O10. The van der Waals surface area contributed by atoms with Crippen LogP contribution in [0.4, 0.5) is 0 Å². The van der Waals surface area contributed by atoms with Gasteiger partial charge in [-0.05, 0) is 127 Å². The van der Waals surface area contributed by atoms with Crippen molar-refractivity contribution in [2.24, 2.45) is 0 Å². The van der Waals surface area contributed by atoms with Crippen LogP contribution in [-0.4, -0.2) is 30.3 Å². The van der Waals surface area contributed by atoms with E-state index in [1.54, 1.807) is 12.1 Å². The van der Waals surface area contributed by atoms with E-state index in [4.69, 9.17) is 42.4 Å². The van der Waals surface area contributed by atoms with E-state index in [1.807, 2.05) is 109 Å². The molecule has 0 atom stereocenters. The van der Waals surface area contributed by atoms with Crippen molar-refractivity contribution in [1.82, 2.24) is 0 Å². The molecule has 0 radical (unpaired) electrons. The molecule has 1 N–H and O–H groups in total. The minimum Gasteiger partial charge on any atom is -0.507 e. The van der Waals surface area contributed by atoms with E-state index in [1.165, 1.54) is 17.2 Å². The summed E-state index contributed by atoms with van der Waals surface area (Å²) in [6.07, 6.45) is -0.331. The van der Waals surface area contributed by atoms with E-state index in [0.717, 1.165) is 124 Å². The fourth-order valence-electron chi connectivity index (χ4n) is 10.7. The van der Waals surface area contributed by atoms with Gasteiger partial charge in [0.2, 0.25) is 0 Å². The number of furan rings is 2. The molecule has 84 heavy (non-hydrogen) atoms. The van der Waals surface area contributed by atoms with Gasteiger partial charge in [0.05, 0.1) is 16.9 Å². The minimum atomic E-state index is -0.418. The first kappa shape index (κ1) is 58.9. The maximum absolute atomic E-state index is 10.2. The SMILES string of the molecule is Brc1ccc2c(c1)OC1Oc3cc(Br)ccc3C21.Brc1ccc2c(c1)OC1Oc3cc(Br)ccc3C21Br.Brc1ccc2c(c1)OC1Oc3cc(Br)ccc3C21Br.Brc1ccc2c(c1)oc1oc3cc(Br)ccc3c12.O=Cc1ccc(Br)cc1O. The van der Waals surface area contributed by atoms with Crippen molar-refractivity contribution in [1.29, 1.82) is 0 Å². The van der Waals surface area contributed by atoms with Crippen LogP contribution in [0.2, 0.25) is 0 Å². The van der Waals surface area contributed by atoms with Crippen molar-refractivity contribution >= 4 is 215 Å². The van der Waals surface area contributed by atoms with Crippen LogP contribution in [0.3, 0.4) is 0 Å². The Labute approximate surface area is 571 Å². The molecule has 0 amide bonds. The number of aromatic hydroxyl groups is 1. The number of hydrogen-bond donors (Lipinski definition) is 1. The first-order chi connectivity index (χ1) is 40.3. The molecule has 0 aliphatic carbocycles. The number of rotatable bonds is 1. The fraction of sp³-hybridized carbons (Fsp3) is 0.0952. The average molecular weight is 1830 g/mol. The third-order valence-corrected chi connectivity index (χ3v) is 21.4. The molecule has 8 heterocycles. The molecule has 10 nitrogen and oxygen atoms in total. The van der Waals surface area contributed by atoms with Gasteiger partial charge in [-0.3, -0.25) is 4.79 Å². The quantitative estimate of drug-likeness (QED) is 0.126. The summed E-state index contributed by atoms with van der Waals surface area (Å²) >= 11 is 38.5. The van der Waals surface area contributed by atoms with Crippen molar-refractivity contribution < 1.29 is 47.2 Å². The summed E-state index contributed by atoms with van der Waals surface area (Å²) in [7, 11) is 0. The molecule has 6 aliphatic heterocycles. The summed E-state index contributed by atoms with van der Waals surface area (Å²) in [6.45, 7) is 0. The topological polar surface area (TPSA) is 119 Å². The lowest BCUT2D eigenvalue weighted by atomic mass is 9.93. The second-order valence-electron chi connectivity index (χ2n) is 19.5. The third kappa shape index (κ3) is 10.8. The van der Waals surface area contributed by atoms with Crippen molar-refractivity contribution in [3.63, 3.8) is 0 Å². The zero-order valence-corrected chi connectivity index (χ0v) is 59.7. The van der Waals surface area contributed by atoms with Crippen LogP contribution in [0.25, 0.3) is 33.1 Å². The van der Waals surface area contributed by atoms with E-state index < -0.39 is 8.65 Å². The van der Waals surface area contributed by atoms with E-state index >= 15 is 0 Å². The van der Waals surface area contributed by atoms with E-state index in [2.05, 4.69) is 212 Å². The highest BCUT2D eigenvalue weighted by Gasteiger charge is 2.57. The highest BCUT2D eigenvalue weighted by molar-refractivity contribution is 9.12. The number of benzene rings is 9. The van der Waals surface area contributed by atoms with Crippen LogP contribution >= 0.6 is 175 Å². The molecule has 0 saturated carbocycles. The smallest absolute Gasteiger partial charge is 0.299 e. The van der Waals surface area contributed by atoms with Gasteiger partial charge in [0.1, 0.15) is 51.4 Å². The van der Waals surface area contributed by atoms with Gasteiger partial charge in [-0.2, -0.15) is 0 Å². The van der Waals surface area contributed by atoms with Gasteiger partial charge in [0.25, 0.3) is 24.6 Å². The van der Waals surface area contributed by atoms with Crippen molar-refractivity contribution in [2.75, 3.05) is 0 Å². The zero-order valence-electron chi connectivity index (χ0n) is 42.3. The predicted octanol–water partition coefficient (Wildman–Crippen LogP) is 22.2. The Bertz CT molecular complexity index is 4130. The van der Waals surface area contributed by atoms with E-state index in [0.29, 0.717) is 17.6 Å². The lowest BCUT2D eigenvalue weighted by Gasteiger charge is -2.18. The summed E-state index contributed by atoms with van der Waals surface area (Å²) < 4.78 is 54.9. The van der Waals surface area contributed by atoms with Crippen LogP contribution < -0.4 is 28.4 Å². The lowest BCUT2D eigenvalue weighted by Crippen LogP contribution is -2.31. The second kappa shape index (κ2) is 23.4. The summed E-state index contributed by atoms with van der Waals surface area (Å²) in [5, 5.41) is 12.2. The number of phenolic OH excluding ortho intramolecular Hbond substituents is 1. The first-order valence-electron chi connectivity index (χ1n) is 25.2. The zero-order chi connectivity index (χ0) is 58.5. The first-order valence-corrected chi connectivity index (χ1v) is 33.9. The number of halogens is 11. The monoisotopic (exact) mass is 1820 g/mol. The molecule has 2 aromatic heterocycles. The molecule has 0 fully saturated rings. The molecule has 17 rings (SSSR count). The van der Waals surface area contributed by atoms with Gasteiger partial charge >= 0.3 is 0 Å². The number of carbonyl (C=O) groups excluding carboxylic acids is 1. The van der Waals surface area contributed by atoms with Gasteiger partial charge in [-0.15, -0.1) is 0 Å². The fourth-order valence-corrected chi connectivity index (χ4v) is 15.4. The highest BCUT2D eigenvalue weighted by Crippen LogP contribution is 2.61. The van der Waals surface area contributed by atoms with Gasteiger partial charge in [0, 0.05) is 84.4 Å². The maximum Gasteiger partial charge on any atom is 0.299 e. The van der Waals surface area contributed by atoms with Crippen LogP contribution in [0, 0.1) is 0 Å². The molecule has 0 saturated heterocycles. The molecule has 9 aromatic carbocycles. The van der Waals surface area contributed by atoms with Crippen molar-refractivity contribution in [2.45, 2.75) is 33.4 Å². The third-order valence-electron chi connectivity index (χ3n) is 14.5. The van der Waals surface area contributed by atoms with Crippen LogP contribution in [0.5, 0.6) is 40.2 Å². The summed E-state index contributed by atoms with van der Waals surface area (Å²) in [6, 6.07) is 53.2. The molecule has 0 spiro atoms. The second-order valence-corrected chi connectivity index (χ2v) is 30.3. The Hall–Kier alpha value is -4.13. The maximum atomic E-state index is 10.2. The number of fused-ring (bicyclic) bond motifs is 20. The van der Waals surface area contributed by atoms with Crippen LogP contribution in [0.15, 0.2) is 213 Å². The number of alkyl halides is 2. The summed E-state index contributed by atoms with van der Waals surface area (Å²) in [4.78, 5) is 10.2. The molecule has 11 aromatic rings. The molecule has 21 heteroatoms. The Kier molecular flexibility index (Phi) is 16.4. The standard InChI is InChI=1S/2C14H7Br3O2.C14H8Br2O2.C14H6Br2O2.C7H5BrO2/c2*15-7-1-3-9-11(5-7)18-13-14(9,17)10-4-2-8(16)6-12(10)19-13;2*15-7-1-3-9-11(5-7)17-14-13(9)10-4-2-8(16)6-12(10)18-14;8-6-2-1-5(4-9)7(10)3-6/h2*1-6,13H;1-6,13-14H;1-6H;1-4,10H. The van der Waals surface area contributed by atoms with Crippen molar-refractivity contribution in [3.8, 4) is 40.2 Å². The van der Waals surface area contributed by atoms with Crippen LogP contribution in [-0.2, 0) is 8.65 Å². The molecule has 422 valence electrons. The largest absolute Gasteiger partial charge is 0.507 e. The lowest BCUT2D eigenvalue weighted by molar-refractivity contribution is 0.0264. The summed E-state index contributed by atoms with van der Waals surface area (Å²) in [5.41, 5.74) is 8.77. The number of phenols is 1. The van der Waals surface area contributed by atoms with Gasteiger partial charge in [-0.1, -0.05) is 212 Å².